The molecule has 1 saturated carbocycles. The zero-order chi connectivity index (χ0) is 27.1. The molecule has 2 aromatic carbocycles. The van der Waals surface area contributed by atoms with Gasteiger partial charge >= 0.3 is 6.61 Å². The molecule has 2 atom stereocenters. The Hall–Kier alpha value is -4.43. The van der Waals surface area contributed by atoms with Crippen LogP contribution in [0.25, 0.3) is 22.2 Å². The summed E-state index contributed by atoms with van der Waals surface area (Å²) in [6.45, 7) is -1.13. The van der Waals surface area contributed by atoms with E-state index in [2.05, 4.69) is 21.4 Å². The van der Waals surface area contributed by atoms with Crippen molar-refractivity contribution in [2.24, 2.45) is 11.1 Å². The van der Waals surface area contributed by atoms with E-state index >= 15 is 0 Å². The second-order valence-corrected chi connectivity index (χ2v) is 10.9. The number of carbonyl (C=O) groups is 1. The fraction of sp³-hybridized carbons (Fsp3) is 0.321. The number of nitrogens with two attached hydrogens (primary N) is 1. The van der Waals surface area contributed by atoms with E-state index in [1.807, 2.05) is 29.7 Å². The Labute approximate surface area is 221 Å². The van der Waals surface area contributed by atoms with Gasteiger partial charge in [-0.15, -0.1) is 0 Å². The average molecular weight is 528 g/mol. The number of halogens is 2. The van der Waals surface area contributed by atoms with Crippen molar-refractivity contribution in [1.29, 1.82) is 5.26 Å². The Morgan fingerprint density at radius 2 is 1.97 bits per heavy atom. The van der Waals surface area contributed by atoms with Crippen LogP contribution in [0.1, 0.15) is 65.8 Å². The van der Waals surface area contributed by atoms with E-state index in [9.17, 15) is 18.8 Å². The first-order chi connectivity index (χ1) is 18.7. The Bertz CT molecular complexity index is 1700. The Morgan fingerprint density at radius 1 is 1.21 bits per heavy atom. The number of hydrogen-bond acceptors (Lipinski definition) is 7. The highest BCUT2D eigenvalue weighted by Gasteiger charge is 2.52. The second-order valence-electron chi connectivity index (χ2n) is 10.9. The molecule has 1 aliphatic carbocycles. The van der Waals surface area contributed by atoms with Crippen LogP contribution in [0.5, 0.6) is 5.75 Å². The van der Waals surface area contributed by atoms with E-state index in [1.54, 1.807) is 24.5 Å². The summed E-state index contributed by atoms with van der Waals surface area (Å²) in [7, 11) is 0. The summed E-state index contributed by atoms with van der Waals surface area (Å²) in [4.78, 5) is 26.8. The van der Waals surface area contributed by atoms with Gasteiger partial charge < -0.3 is 20.4 Å². The molecule has 3 N–H and O–H groups in total. The number of benzene rings is 2. The average Bonchev–Trinajstić information content (AvgIpc) is 3.39. The monoisotopic (exact) mass is 527 g/mol. The molecule has 3 aliphatic rings. The Morgan fingerprint density at radius 3 is 2.69 bits per heavy atom. The molecule has 2 bridgehead atoms. The normalized spacial score (nSPS) is 26.8. The van der Waals surface area contributed by atoms with Gasteiger partial charge in [-0.25, -0.2) is 15.0 Å². The lowest BCUT2D eigenvalue weighted by atomic mass is 9.59. The van der Waals surface area contributed by atoms with Crippen molar-refractivity contribution in [3.63, 3.8) is 0 Å². The van der Waals surface area contributed by atoms with Gasteiger partial charge in [-0.1, -0.05) is 12.1 Å². The van der Waals surface area contributed by atoms with Gasteiger partial charge in [-0.3, -0.25) is 4.79 Å². The summed E-state index contributed by atoms with van der Waals surface area (Å²) >= 11 is 0. The minimum Gasteiger partial charge on any atom is -0.434 e. The molecular formula is C28H23F2N7O2. The number of hydrogen-bond donors (Lipinski definition) is 2. The van der Waals surface area contributed by atoms with Crippen molar-refractivity contribution in [1.82, 2.24) is 24.8 Å². The van der Waals surface area contributed by atoms with Gasteiger partial charge in [0, 0.05) is 29.1 Å². The zero-order valence-corrected chi connectivity index (χ0v) is 20.9. The topological polar surface area (TPSA) is 132 Å². The van der Waals surface area contributed by atoms with Crippen LogP contribution in [0.3, 0.4) is 0 Å². The number of nitrogens with one attached hydrogen (secondary N) is 1. The predicted molar refractivity (Wildman–Crippen MR) is 136 cm³/mol. The first-order valence-electron chi connectivity index (χ1n) is 12.6. The smallest absolute Gasteiger partial charge is 0.387 e. The number of nitrogens with zero attached hydrogens (tertiary/aromatic N) is 5. The maximum atomic E-state index is 13.3. The molecule has 9 nitrogen and oxygen atoms in total. The predicted octanol–water partition coefficient (Wildman–Crippen LogP) is 4.35. The van der Waals surface area contributed by atoms with Crippen molar-refractivity contribution in [2.45, 2.75) is 50.4 Å². The number of ether oxygens (including phenoxy) is 1. The van der Waals surface area contributed by atoms with Crippen molar-refractivity contribution in [3.05, 3.63) is 71.6 Å². The van der Waals surface area contributed by atoms with E-state index in [0.717, 1.165) is 22.2 Å². The summed E-state index contributed by atoms with van der Waals surface area (Å²) < 4.78 is 33.4. The lowest BCUT2D eigenvalue weighted by molar-refractivity contribution is -0.0507. The lowest BCUT2D eigenvalue weighted by Gasteiger charge is -2.47. The molecule has 4 aromatic rings. The van der Waals surface area contributed by atoms with Crippen LogP contribution in [0, 0.1) is 16.7 Å². The molecule has 4 heterocycles. The van der Waals surface area contributed by atoms with Gasteiger partial charge in [0.15, 0.2) is 0 Å². The molecule has 0 unspecified atom stereocenters. The molecule has 7 rings (SSSR count). The third-order valence-corrected chi connectivity index (χ3v) is 8.08. The molecule has 39 heavy (non-hydrogen) atoms. The zero-order valence-electron chi connectivity index (χ0n) is 20.9. The molecule has 11 heteroatoms. The molecule has 2 aliphatic heterocycles. The van der Waals surface area contributed by atoms with Gasteiger partial charge in [0.2, 0.25) is 0 Å². The molecule has 0 radical (unpaired) electrons. The van der Waals surface area contributed by atoms with Gasteiger partial charge in [0.1, 0.15) is 17.4 Å². The molecule has 0 saturated heterocycles. The Balaban J connectivity index is 1.29. The quantitative estimate of drug-likeness (QED) is 0.403. The van der Waals surface area contributed by atoms with Gasteiger partial charge in [0.05, 0.1) is 40.1 Å². The van der Waals surface area contributed by atoms with E-state index in [1.165, 1.54) is 6.07 Å². The van der Waals surface area contributed by atoms with Crippen molar-refractivity contribution >= 4 is 16.9 Å². The fourth-order valence-electron chi connectivity index (χ4n) is 6.50. The maximum Gasteiger partial charge on any atom is 0.387 e. The van der Waals surface area contributed by atoms with Gasteiger partial charge in [-0.05, 0) is 56.0 Å². The summed E-state index contributed by atoms with van der Waals surface area (Å²) in [6, 6.07) is 11.9. The van der Waals surface area contributed by atoms with Crippen LogP contribution in [-0.4, -0.2) is 32.0 Å². The third kappa shape index (κ3) is 3.51. The number of aromatic nitrogens is 4. The Kier molecular flexibility index (Phi) is 4.88. The summed E-state index contributed by atoms with van der Waals surface area (Å²) in [6.07, 6.45) is 4.91. The fourth-order valence-corrected chi connectivity index (χ4v) is 6.50. The van der Waals surface area contributed by atoms with E-state index in [-0.39, 0.29) is 17.7 Å². The van der Waals surface area contributed by atoms with Crippen LogP contribution in [0.4, 0.5) is 8.78 Å². The number of rotatable bonds is 4. The van der Waals surface area contributed by atoms with E-state index in [4.69, 9.17) is 15.5 Å². The second kappa shape index (κ2) is 8.04. The number of amides is 1. The number of carbonyl (C=O) groups excluding carboxylic acids is 1. The van der Waals surface area contributed by atoms with Gasteiger partial charge in [0.25, 0.3) is 5.91 Å². The third-order valence-electron chi connectivity index (χ3n) is 8.08. The van der Waals surface area contributed by atoms with Crippen molar-refractivity contribution in [3.8, 4) is 22.9 Å². The van der Waals surface area contributed by atoms with Crippen molar-refractivity contribution < 1.29 is 18.3 Å². The molecule has 0 spiro atoms. The van der Waals surface area contributed by atoms with Crippen LogP contribution in [-0.2, 0) is 5.54 Å². The van der Waals surface area contributed by atoms with Crippen molar-refractivity contribution in [2.75, 3.05) is 0 Å². The first-order valence-corrected chi connectivity index (χ1v) is 12.6. The lowest BCUT2D eigenvalue weighted by Crippen LogP contribution is -2.54. The van der Waals surface area contributed by atoms with Crippen LogP contribution < -0.4 is 15.8 Å². The molecular weight excluding hydrogens is 504 g/mol. The standard InChI is InChI=1S/C28H23F2N7O2/c1-27(13-31)11-28(32,12-27)25-33-9-15(10-34-25)14-5-6-17-19(7-14)37-20-8-18(23(37)35-17)36-24(38)16-3-2-4-21(22(16)20)39-26(29)30/h2-7,9-10,18,20,26H,8,11-12,32H2,1H3,(H,36,38)/t18-,20-,27?,28?/m1/s1. The summed E-state index contributed by atoms with van der Waals surface area (Å²) in [5.74, 6) is 0.819. The summed E-state index contributed by atoms with van der Waals surface area (Å²) in [5, 5.41) is 12.3. The number of fused-ring (bicyclic) bond motifs is 9. The number of alkyl halides is 2. The van der Waals surface area contributed by atoms with Crippen LogP contribution >= 0.6 is 0 Å². The molecule has 1 fully saturated rings. The van der Waals surface area contributed by atoms with Crippen LogP contribution in [0.2, 0.25) is 0 Å². The van der Waals surface area contributed by atoms with Gasteiger partial charge in [-0.2, -0.15) is 14.0 Å². The highest BCUT2D eigenvalue weighted by molar-refractivity contribution is 5.98. The number of nitriles is 1. The SMILES string of the molecule is CC1(C#N)CC(N)(c2ncc(-c3ccc4nc5n(c4c3)[C@@H]3C[C@H]5NC(=O)c4cccc(OC(F)F)c43)cn2)C1. The molecule has 196 valence electrons. The first kappa shape index (κ1) is 23.7. The minimum absolute atomic E-state index is 0.0163. The highest BCUT2D eigenvalue weighted by Crippen LogP contribution is 2.51. The largest absolute Gasteiger partial charge is 0.434 e. The maximum absolute atomic E-state index is 13.3. The minimum atomic E-state index is -3.02. The molecule has 2 aromatic heterocycles. The number of imidazole rings is 1. The van der Waals surface area contributed by atoms with Crippen LogP contribution in [0.15, 0.2) is 48.8 Å². The van der Waals surface area contributed by atoms with E-state index in [0.29, 0.717) is 42.0 Å². The highest BCUT2D eigenvalue weighted by atomic mass is 19.3. The summed E-state index contributed by atoms with van der Waals surface area (Å²) in [5.41, 5.74) is 9.16. The molecule has 1 amide bonds. The van der Waals surface area contributed by atoms with E-state index < -0.39 is 23.6 Å².